The van der Waals surface area contributed by atoms with Crippen LogP contribution in [0.15, 0.2) is 6.20 Å². The first kappa shape index (κ1) is 8.66. The summed E-state index contributed by atoms with van der Waals surface area (Å²) in [5.74, 6) is -0.399. The molecule has 0 atom stereocenters. The number of aromatic nitrogens is 3. The number of carbonyl (C=O) groups is 1. The van der Waals surface area contributed by atoms with E-state index >= 15 is 0 Å². The minimum Gasteiger partial charge on any atom is -0.468 e. The lowest BCUT2D eigenvalue weighted by atomic mass is 10.5. The molecule has 0 fully saturated rings. The van der Waals surface area contributed by atoms with Crippen molar-refractivity contribution in [3.8, 4) is 0 Å². The summed E-state index contributed by atoms with van der Waals surface area (Å²) in [4.78, 5) is 10.7. The summed E-state index contributed by atoms with van der Waals surface area (Å²) in [5.41, 5.74) is 0.430. The second-order valence-corrected chi connectivity index (χ2v) is 2.14. The smallest absolute Gasteiger partial charge is 0.327 e. The predicted octanol–water partition coefficient (Wildman–Crippen LogP) is -1.06. The van der Waals surface area contributed by atoms with Crippen LogP contribution in [0, 0.1) is 0 Å². The molecule has 0 aliphatic rings. The molecule has 0 saturated heterocycles. The van der Waals surface area contributed by atoms with E-state index in [9.17, 15) is 4.79 Å². The number of aliphatic hydroxyl groups excluding tert-OH is 1. The van der Waals surface area contributed by atoms with Gasteiger partial charge in [-0.3, -0.25) is 4.79 Å². The Morgan fingerprint density at radius 3 is 3.08 bits per heavy atom. The van der Waals surface area contributed by atoms with E-state index in [0.29, 0.717) is 5.69 Å². The predicted molar refractivity (Wildman–Crippen MR) is 38.0 cm³/mol. The average molecular weight is 171 g/mol. The second kappa shape index (κ2) is 3.82. The van der Waals surface area contributed by atoms with Crippen LogP contribution in [-0.4, -0.2) is 33.2 Å². The number of hydrogen-bond acceptors (Lipinski definition) is 5. The first-order valence-corrected chi connectivity index (χ1v) is 3.33. The Morgan fingerprint density at radius 1 is 1.83 bits per heavy atom. The number of ether oxygens (including phenoxy) is 1. The van der Waals surface area contributed by atoms with Gasteiger partial charge in [-0.1, -0.05) is 5.21 Å². The van der Waals surface area contributed by atoms with Crippen LogP contribution in [0.2, 0.25) is 0 Å². The van der Waals surface area contributed by atoms with E-state index in [0.717, 1.165) is 0 Å². The average Bonchev–Trinajstić information content (AvgIpc) is 2.52. The molecule has 1 aromatic rings. The van der Waals surface area contributed by atoms with Crippen molar-refractivity contribution < 1.29 is 14.6 Å². The van der Waals surface area contributed by atoms with Crippen LogP contribution in [0.4, 0.5) is 0 Å². The molecule has 1 heterocycles. The summed E-state index contributed by atoms with van der Waals surface area (Å²) < 4.78 is 5.71. The Kier molecular flexibility index (Phi) is 2.76. The fraction of sp³-hybridized carbons (Fsp3) is 0.500. The first-order valence-electron chi connectivity index (χ1n) is 3.33. The third-order valence-corrected chi connectivity index (χ3v) is 1.27. The van der Waals surface area contributed by atoms with Gasteiger partial charge in [0.25, 0.3) is 0 Å². The summed E-state index contributed by atoms with van der Waals surface area (Å²) in [7, 11) is 1.30. The Labute approximate surface area is 68.8 Å². The van der Waals surface area contributed by atoms with Gasteiger partial charge in [0.1, 0.15) is 12.2 Å². The molecule has 66 valence electrons. The largest absolute Gasteiger partial charge is 0.468 e. The van der Waals surface area contributed by atoms with Gasteiger partial charge >= 0.3 is 5.97 Å². The van der Waals surface area contributed by atoms with Crippen LogP contribution >= 0.6 is 0 Å². The summed E-state index contributed by atoms with van der Waals surface area (Å²) in [6.45, 7) is -0.162. The number of rotatable bonds is 3. The van der Waals surface area contributed by atoms with Crippen LogP contribution in [0.25, 0.3) is 0 Å². The Hall–Kier alpha value is -1.43. The van der Waals surface area contributed by atoms with Crippen molar-refractivity contribution >= 4 is 5.97 Å². The highest BCUT2D eigenvalue weighted by Gasteiger charge is 2.04. The summed E-state index contributed by atoms with van der Waals surface area (Å²) in [6, 6.07) is 0. The minimum absolute atomic E-state index is 0.0174. The fourth-order valence-electron chi connectivity index (χ4n) is 0.685. The van der Waals surface area contributed by atoms with Crippen LogP contribution < -0.4 is 0 Å². The van der Waals surface area contributed by atoms with Gasteiger partial charge < -0.3 is 9.84 Å². The molecule has 0 spiro atoms. The molecule has 0 aromatic carbocycles. The summed E-state index contributed by atoms with van der Waals surface area (Å²) in [6.07, 6.45) is 1.48. The van der Waals surface area contributed by atoms with Crippen LogP contribution in [0.1, 0.15) is 5.69 Å². The summed E-state index contributed by atoms with van der Waals surface area (Å²) >= 11 is 0. The monoisotopic (exact) mass is 171 g/mol. The molecular formula is C6H9N3O3. The van der Waals surface area contributed by atoms with Gasteiger partial charge in [0.15, 0.2) is 0 Å². The van der Waals surface area contributed by atoms with Crippen LogP contribution in [-0.2, 0) is 22.7 Å². The molecule has 1 aromatic heterocycles. The second-order valence-electron chi connectivity index (χ2n) is 2.14. The molecule has 0 amide bonds. The highest BCUT2D eigenvalue weighted by atomic mass is 16.5. The lowest BCUT2D eigenvalue weighted by molar-refractivity contribution is -0.141. The Balaban J connectivity index is 2.58. The van der Waals surface area contributed by atoms with Crippen molar-refractivity contribution in [1.82, 2.24) is 15.0 Å². The third-order valence-electron chi connectivity index (χ3n) is 1.27. The molecule has 0 saturated carbocycles. The zero-order valence-corrected chi connectivity index (χ0v) is 6.60. The van der Waals surface area contributed by atoms with Gasteiger partial charge in [0.2, 0.25) is 0 Å². The van der Waals surface area contributed by atoms with E-state index in [-0.39, 0.29) is 13.2 Å². The van der Waals surface area contributed by atoms with Gasteiger partial charge in [0.05, 0.1) is 19.9 Å². The maximum Gasteiger partial charge on any atom is 0.327 e. The van der Waals surface area contributed by atoms with E-state index in [2.05, 4.69) is 15.0 Å². The number of nitrogens with zero attached hydrogens (tertiary/aromatic N) is 3. The van der Waals surface area contributed by atoms with Gasteiger partial charge in [0, 0.05) is 0 Å². The third kappa shape index (κ3) is 2.03. The first-order chi connectivity index (χ1) is 5.76. The maximum atomic E-state index is 10.7. The number of esters is 1. The molecule has 0 unspecified atom stereocenters. The van der Waals surface area contributed by atoms with Gasteiger partial charge in [-0.05, 0) is 0 Å². The molecule has 6 nitrogen and oxygen atoms in total. The lowest BCUT2D eigenvalue weighted by Crippen LogP contribution is -2.11. The number of carbonyl (C=O) groups excluding carboxylic acids is 1. The topological polar surface area (TPSA) is 77.2 Å². The highest BCUT2D eigenvalue weighted by Crippen LogP contribution is 1.92. The molecule has 12 heavy (non-hydrogen) atoms. The quantitative estimate of drug-likeness (QED) is 0.587. The zero-order valence-electron chi connectivity index (χ0n) is 6.60. The highest BCUT2D eigenvalue weighted by molar-refractivity contribution is 5.68. The van der Waals surface area contributed by atoms with E-state index in [1.807, 2.05) is 0 Å². The van der Waals surface area contributed by atoms with Gasteiger partial charge in [-0.2, -0.15) is 0 Å². The Morgan fingerprint density at radius 2 is 2.58 bits per heavy atom. The summed E-state index contributed by atoms with van der Waals surface area (Å²) in [5, 5.41) is 15.8. The van der Waals surface area contributed by atoms with E-state index < -0.39 is 5.97 Å². The van der Waals surface area contributed by atoms with Gasteiger partial charge in [-0.25, -0.2) is 4.68 Å². The van der Waals surface area contributed by atoms with E-state index in [4.69, 9.17) is 5.11 Å². The molecule has 6 heteroatoms. The van der Waals surface area contributed by atoms with Gasteiger partial charge in [-0.15, -0.1) is 5.10 Å². The van der Waals surface area contributed by atoms with Crippen molar-refractivity contribution in [3.63, 3.8) is 0 Å². The number of hydrogen-bond donors (Lipinski definition) is 1. The number of methoxy groups -OCH3 is 1. The van der Waals surface area contributed by atoms with Crippen molar-refractivity contribution in [1.29, 1.82) is 0 Å². The van der Waals surface area contributed by atoms with Crippen molar-refractivity contribution in [2.45, 2.75) is 13.2 Å². The molecule has 1 N–H and O–H groups in total. The zero-order chi connectivity index (χ0) is 8.97. The molecular weight excluding hydrogens is 162 g/mol. The molecule has 0 radical (unpaired) electrons. The van der Waals surface area contributed by atoms with Crippen molar-refractivity contribution in [3.05, 3.63) is 11.9 Å². The van der Waals surface area contributed by atoms with E-state index in [1.165, 1.54) is 18.0 Å². The van der Waals surface area contributed by atoms with Crippen LogP contribution in [0.5, 0.6) is 0 Å². The SMILES string of the molecule is COC(=O)Cn1cc(CO)nn1. The van der Waals surface area contributed by atoms with Crippen molar-refractivity contribution in [2.24, 2.45) is 0 Å². The lowest BCUT2D eigenvalue weighted by Gasteiger charge is -1.96. The number of aliphatic hydroxyl groups is 1. The molecule has 0 bridgehead atoms. The standard InChI is InChI=1S/C6H9N3O3/c1-12-6(11)3-9-2-5(4-10)7-8-9/h2,10H,3-4H2,1H3. The van der Waals surface area contributed by atoms with Crippen LogP contribution in [0.3, 0.4) is 0 Å². The van der Waals surface area contributed by atoms with Crippen molar-refractivity contribution in [2.75, 3.05) is 7.11 Å². The molecule has 1 rings (SSSR count). The molecule has 0 aliphatic carbocycles. The molecule has 0 aliphatic heterocycles. The van der Waals surface area contributed by atoms with E-state index in [1.54, 1.807) is 0 Å². The maximum absolute atomic E-state index is 10.7. The Bertz CT molecular complexity index is 271. The fourth-order valence-corrected chi connectivity index (χ4v) is 0.685. The minimum atomic E-state index is -0.399. The normalized spacial score (nSPS) is 9.83.